The molecule has 0 saturated carbocycles. The van der Waals surface area contributed by atoms with Crippen LogP contribution in [0.2, 0.25) is 0 Å². The Morgan fingerprint density at radius 3 is 2.74 bits per heavy atom. The summed E-state index contributed by atoms with van der Waals surface area (Å²) in [6.07, 6.45) is 1.83. The quantitative estimate of drug-likeness (QED) is 0.235. The highest BCUT2D eigenvalue weighted by molar-refractivity contribution is 7.17. The van der Waals surface area contributed by atoms with E-state index in [0.29, 0.717) is 27.4 Å². The Hall–Kier alpha value is -4.10. The fourth-order valence-electron chi connectivity index (χ4n) is 4.30. The van der Waals surface area contributed by atoms with Crippen molar-refractivity contribution >= 4 is 39.4 Å². The fourth-order valence-corrected chi connectivity index (χ4v) is 5.25. The van der Waals surface area contributed by atoms with E-state index < -0.39 is 5.97 Å². The normalized spacial score (nSPS) is 12.4. The van der Waals surface area contributed by atoms with E-state index in [4.69, 9.17) is 14.2 Å². The number of carbonyl (C=O) groups is 2. The van der Waals surface area contributed by atoms with Crippen molar-refractivity contribution < 1.29 is 23.8 Å². The van der Waals surface area contributed by atoms with Crippen molar-refractivity contribution in [3.63, 3.8) is 0 Å². The van der Waals surface area contributed by atoms with Gasteiger partial charge >= 0.3 is 5.97 Å². The third-order valence-electron chi connectivity index (χ3n) is 5.87. The minimum atomic E-state index is -0.442. The SMILES string of the molecule is CCOC(=O)c1cc(C(=O)c2ccc(-c3ccc4c(c3)OCO4)s2)n2ccc3ccccc3c12. The molecule has 0 atom stereocenters. The van der Waals surface area contributed by atoms with Crippen molar-refractivity contribution in [3.05, 3.63) is 89.1 Å². The van der Waals surface area contributed by atoms with Crippen LogP contribution in [0, 0.1) is 0 Å². The molecular formula is C27H19NO5S. The van der Waals surface area contributed by atoms with Crippen LogP contribution in [-0.2, 0) is 4.74 Å². The Bertz CT molecular complexity index is 1600. The summed E-state index contributed by atoms with van der Waals surface area (Å²) < 4.78 is 18.0. The molecule has 0 saturated heterocycles. The van der Waals surface area contributed by atoms with Crippen LogP contribution in [0.1, 0.15) is 32.6 Å². The zero-order valence-corrected chi connectivity index (χ0v) is 19.1. The lowest BCUT2D eigenvalue weighted by molar-refractivity contribution is 0.0529. The Balaban J connectivity index is 1.45. The van der Waals surface area contributed by atoms with Gasteiger partial charge in [-0.3, -0.25) is 4.79 Å². The molecule has 168 valence electrons. The number of aromatic nitrogens is 1. The van der Waals surface area contributed by atoms with E-state index in [1.807, 2.05) is 66.9 Å². The van der Waals surface area contributed by atoms with Gasteiger partial charge in [0.25, 0.3) is 0 Å². The molecule has 0 amide bonds. The van der Waals surface area contributed by atoms with E-state index >= 15 is 0 Å². The zero-order valence-electron chi connectivity index (χ0n) is 18.2. The first kappa shape index (κ1) is 20.5. The van der Waals surface area contributed by atoms with Crippen LogP contribution in [0.3, 0.4) is 0 Å². The van der Waals surface area contributed by atoms with Crippen LogP contribution in [0.25, 0.3) is 26.7 Å². The number of rotatable bonds is 5. The van der Waals surface area contributed by atoms with Crippen molar-refractivity contribution in [2.24, 2.45) is 0 Å². The molecule has 1 aliphatic rings. The highest BCUT2D eigenvalue weighted by Crippen LogP contribution is 2.38. The molecule has 0 bridgehead atoms. The van der Waals surface area contributed by atoms with Gasteiger partial charge in [0.15, 0.2) is 11.5 Å². The van der Waals surface area contributed by atoms with E-state index in [2.05, 4.69) is 0 Å². The number of carbonyl (C=O) groups excluding carboxylic acids is 2. The molecule has 0 spiro atoms. The van der Waals surface area contributed by atoms with Gasteiger partial charge in [0.2, 0.25) is 12.6 Å². The van der Waals surface area contributed by atoms with Crippen LogP contribution < -0.4 is 9.47 Å². The van der Waals surface area contributed by atoms with Crippen molar-refractivity contribution in [1.29, 1.82) is 0 Å². The second kappa shape index (κ2) is 8.04. The first-order valence-corrected chi connectivity index (χ1v) is 11.7. The molecule has 1 aliphatic heterocycles. The first-order valence-electron chi connectivity index (χ1n) is 10.9. The Morgan fingerprint density at radius 1 is 1.00 bits per heavy atom. The minimum Gasteiger partial charge on any atom is -0.462 e. The lowest BCUT2D eigenvalue weighted by Crippen LogP contribution is -2.04. The Morgan fingerprint density at radius 2 is 1.85 bits per heavy atom. The highest BCUT2D eigenvalue weighted by Gasteiger charge is 2.24. The predicted octanol–water partition coefficient (Wildman–Crippen LogP) is 5.96. The molecule has 0 fully saturated rings. The van der Waals surface area contributed by atoms with Crippen molar-refractivity contribution in [2.75, 3.05) is 13.4 Å². The Kier molecular flexibility index (Phi) is 4.85. The molecule has 0 radical (unpaired) electrons. The van der Waals surface area contributed by atoms with Gasteiger partial charge in [0.05, 0.1) is 28.3 Å². The summed E-state index contributed by atoms with van der Waals surface area (Å²) in [5, 5.41) is 1.87. The van der Waals surface area contributed by atoms with Gasteiger partial charge in [-0.1, -0.05) is 24.3 Å². The van der Waals surface area contributed by atoms with E-state index in [0.717, 1.165) is 27.0 Å². The van der Waals surface area contributed by atoms with E-state index in [1.54, 1.807) is 17.4 Å². The van der Waals surface area contributed by atoms with Crippen LogP contribution in [0.15, 0.2) is 72.9 Å². The van der Waals surface area contributed by atoms with Gasteiger partial charge in [-0.05, 0) is 60.3 Å². The maximum Gasteiger partial charge on any atom is 0.340 e. The average molecular weight is 470 g/mol. The van der Waals surface area contributed by atoms with Gasteiger partial charge in [-0.2, -0.15) is 0 Å². The molecule has 7 heteroatoms. The first-order chi connectivity index (χ1) is 16.6. The largest absolute Gasteiger partial charge is 0.462 e. The maximum absolute atomic E-state index is 13.6. The molecule has 34 heavy (non-hydrogen) atoms. The summed E-state index contributed by atoms with van der Waals surface area (Å²) in [5.41, 5.74) is 2.43. The molecule has 4 heterocycles. The Labute approximate surface area is 198 Å². The van der Waals surface area contributed by atoms with Gasteiger partial charge < -0.3 is 18.6 Å². The van der Waals surface area contributed by atoms with E-state index in [9.17, 15) is 9.59 Å². The third-order valence-corrected chi connectivity index (χ3v) is 7.00. The molecule has 0 unspecified atom stereocenters. The number of thiophene rings is 1. The molecule has 6 rings (SSSR count). The van der Waals surface area contributed by atoms with Crippen LogP contribution >= 0.6 is 11.3 Å². The van der Waals surface area contributed by atoms with Crippen LogP contribution in [0.5, 0.6) is 11.5 Å². The molecule has 0 aliphatic carbocycles. The number of fused-ring (bicyclic) bond motifs is 4. The number of ketones is 1. The predicted molar refractivity (Wildman–Crippen MR) is 130 cm³/mol. The summed E-state index contributed by atoms with van der Waals surface area (Å²) >= 11 is 1.40. The number of pyridine rings is 1. The lowest BCUT2D eigenvalue weighted by Gasteiger charge is -2.06. The summed E-state index contributed by atoms with van der Waals surface area (Å²) in [5.74, 6) is 0.817. The molecule has 6 nitrogen and oxygen atoms in total. The van der Waals surface area contributed by atoms with Gasteiger partial charge in [0.1, 0.15) is 0 Å². The van der Waals surface area contributed by atoms with Crippen molar-refractivity contribution in [3.8, 4) is 21.9 Å². The fraction of sp³-hybridized carbons (Fsp3) is 0.111. The van der Waals surface area contributed by atoms with Gasteiger partial charge in [0, 0.05) is 16.5 Å². The summed E-state index contributed by atoms with van der Waals surface area (Å²) in [6.45, 7) is 2.24. The smallest absolute Gasteiger partial charge is 0.340 e. The monoisotopic (exact) mass is 469 g/mol. The average Bonchev–Trinajstić information content (AvgIpc) is 3.61. The molecule has 5 aromatic rings. The number of benzene rings is 2. The molecular weight excluding hydrogens is 450 g/mol. The molecule has 2 aromatic carbocycles. The second-order valence-electron chi connectivity index (χ2n) is 7.85. The number of nitrogens with zero attached hydrogens (tertiary/aromatic N) is 1. The maximum atomic E-state index is 13.6. The number of hydrogen-bond donors (Lipinski definition) is 0. The molecule has 3 aromatic heterocycles. The highest BCUT2D eigenvalue weighted by atomic mass is 32.1. The van der Waals surface area contributed by atoms with Crippen molar-refractivity contribution in [1.82, 2.24) is 4.40 Å². The van der Waals surface area contributed by atoms with Gasteiger partial charge in [-0.15, -0.1) is 11.3 Å². The topological polar surface area (TPSA) is 66.2 Å². The lowest BCUT2D eigenvalue weighted by atomic mass is 10.1. The zero-order chi connectivity index (χ0) is 23.2. The summed E-state index contributed by atoms with van der Waals surface area (Å²) in [4.78, 5) is 27.9. The third kappa shape index (κ3) is 3.24. The van der Waals surface area contributed by atoms with Crippen LogP contribution in [-0.4, -0.2) is 29.6 Å². The minimum absolute atomic E-state index is 0.155. The van der Waals surface area contributed by atoms with E-state index in [-0.39, 0.29) is 19.2 Å². The molecule has 0 N–H and O–H groups in total. The summed E-state index contributed by atoms with van der Waals surface area (Å²) in [7, 11) is 0. The number of ether oxygens (including phenoxy) is 3. The number of hydrogen-bond acceptors (Lipinski definition) is 6. The summed E-state index contributed by atoms with van der Waals surface area (Å²) in [6, 6.07) is 20.9. The second-order valence-corrected chi connectivity index (χ2v) is 8.93. The van der Waals surface area contributed by atoms with Gasteiger partial charge in [-0.25, -0.2) is 4.79 Å². The number of esters is 1. The van der Waals surface area contributed by atoms with Crippen LogP contribution in [0.4, 0.5) is 0 Å². The van der Waals surface area contributed by atoms with Crippen molar-refractivity contribution in [2.45, 2.75) is 6.92 Å². The standard InChI is InChI=1S/C27H19NO5S/c1-2-31-27(30)19-14-20(28-12-11-16-5-3-4-6-18(16)25(19)28)26(29)24-10-9-23(34-24)17-7-8-21-22(13-17)33-15-32-21/h3-14H,2,15H2,1H3. The van der Waals surface area contributed by atoms with E-state index in [1.165, 1.54) is 11.3 Å².